The van der Waals surface area contributed by atoms with E-state index in [0.717, 1.165) is 24.8 Å². The molecule has 206 valence electrons. The normalized spacial score (nSPS) is 32.1. The molecule has 4 amide bonds. The summed E-state index contributed by atoms with van der Waals surface area (Å²) < 4.78 is 11.6. The van der Waals surface area contributed by atoms with E-state index in [2.05, 4.69) is 6.08 Å². The van der Waals surface area contributed by atoms with Crippen LogP contribution in [0.4, 0.5) is 11.4 Å². The van der Waals surface area contributed by atoms with Crippen LogP contribution in [0, 0.1) is 35.0 Å². The van der Waals surface area contributed by atoms with Crippen molar-refractivity contribution < 1.29 is 28.7 Å². The van der Waals surface area contributed by atoms with Crippen molar-refractivity contribution in [1.29, 1.82) is 0 Å². The summed E-state index contributed by atoms with van der Waals surface area (Å²) in [4.78, 5) is 59.8. The zero-order valence-corrected chi connectivity index (χ0v) is 22.7. The summed E-state index contributed by atoms with van der Waals surface area (Å²) in [6.45, 7) is 4.50. The van der Waals surface area contributed by atoms with Gasteiger partial charge in [0, 0.05) is 11.3 Å². The van der Waals surface area contributed by atoms with Crippen LogP contribution < -0.4 is 19.3 Å². The maximum absolute atomic E-state index is 14.4. The minimum absolute atomic E-state index is 0.286. The fraction of sp³-hybridized carbons (Fsp3) is 0.438. The lowest BCUT2D eigenvalue weighted by atomic mass is 9.41. The van der Waals surface area contributed by atoms with Gasteiger partial charge in [0.1, 0.15) is 11.5 Å². The molecule has 2 bridgehead atoms. The predicted octanol–water partition coefficient (Wildman–Crippen LogP) is 4.53. The van der Waals surface area contributed by atoms with Crippen molar-refractivity contribution in [2.24, 2.45) is 35.0 Å². The number of rotatable bonds is 6. The van der Waals surface area contributed by atoms with E-state index in [9.17, 15) is 19.2 Å². The number of para-hydroxylation sites is 4. The molecule has 0 N–H and O–H groups in total. The molecule has 6 aliphatic rings. The summed E-state index contributed by atoms with van der Waals surface area (Å²) in [6, 6.07) is 14.2. The highest BCUT2D eigenvalue weighted by Crippen LogP contribution is 2.70. The van der Waals surface area contributed by atoms with E-state index in [1.807, 2.05) is 26.0 Å². The Bertz CT molecular complexity index is 1390. The third-order valence-electron chi connectivity index (χ3n) is 9.73. The standard InChI is InChI=1S/C32H32N2O6/c1-3-39-22-14-7-5-12-20(22)33-28(35)24-19-17-18-11-9-10-16-32(18,26(24)30(33)37)27-25(19)29(36)34(31(27)38)21-13-6-8-15-23(21)40-4-2/h5-8,12-15,17,19,24-27H,3-4,9-11,16H2,1-2H3/t19?,24-,25-,26-,27+,32?/m1/s1. The second-order valence-electron chi connectivity index (χ2n) is 11.3. The number of benzene rings is 2. The molecule has 8 nitrogen and oxygen atoms in total. The summed E-state index contributed by atoms with van der Waals surface area (Å²) in [5, 5.41) is 0. The Morgan fingerprint density at radius 1 is 0.725 bits per heavy atom. The molecule has 2 heterocycles. The Hall–Kier alpha value is -3.94. The second-order valence-corrected chi connectivity index (χ2v) is 11.3. The van der Waals surface area contributed by atoms with Crippen LogP contribution in [0.3, 0.4) is 0 Å². The molecular weight excluding hydrogens is 508 g/mol. The summed E-state index contributed by atoms with van der Waals surface area (Å²) in [5.41, 5.74) is 1.08. The molecule has 2 saturated heterocycles. The van der Waals surface area contributed by atoms with Crippen molar-refractivity contribution in [3.63, 3.8) is 0 Å². The van der Waals surface area contributed by atoms with Gasteiger partial charge in [-0.15, -0.1) is 0 Å². The third-order valence-corrected chi connectivity index (χ3v) is 9.73. The van der Waals surface area contributed by atoms with Crippen molar-refractivity contribution in [3.05, 3.63) is 60.2 Å². The van der Waals surface area contributed by atoms with Gasteiger partial charge < -0.3 is 9.47 Å². The van der Waals surface area contributed by atoms with Crippen molar-refractivity contribution in [2.45, 2.75) is 39.5 Å². The maximum Gasteiger partial charge on any atom is 0.238 e. The zero-order chi connectivity index (χ0) is 27.8. The van der Waals surface area contributed by atoms with Gasteiger partial charge in [0.2, 0.25) is 23.6 Å². The highest BCUT2D eigenvalue weighted by Gasteiger charge is 2.76. The highest BCUT2D eigenvalue weighted by atomic mass is 16.5. The molecule has 6 atom stereocenters. The van der Waals surface area contributed by atoms with Gasteiger partial charge in [-0.3, -0.25) is 19.2 Å². The van der Waals surface area contributed by atoms with Gasteiger partial charge in [-0.1, -0.05) is 42.3 Å². The summed E-state index contributed by atoms with van der Waals surface area (Å²) in [6.07, 6.45) is 5.27. The third kappa shape index (κ3) is 3.07. The Kier molecular flexibility index (Phi) is 5.67. The van der Waals surface area contributed by atoms with E-state index in [0.29, 0.717) is 42.5 Å². The molecule has 4 fully saturated rings. The van der Waals surface area contributed by atoms with E-state index in [-0.39, 0.29) is 23.6 Å². The lowest BCUT2D eigenvalue weighted by molar-refractivity contribution is -0.151. The minimum atomic E-state index is -0.855. The molecule has 2 unspecified atom stereocenters. The lowest BCUT2D eigenvalue weighted by Crippen LogP contribution is -2.60. The van der Waals surface area contributed by atoms with Crippen molar-refractivity contribution >= 4 is 35.0 Å². The van der Waals surface area contributed by atoms with Crippen molar-refractivity contribution in [1.82, 2.24) is 0 Å². The van der Waals surface area contributed by atoms with Crippen molar-refractivity contribution in [3.8, 4) is 11.5 Å². The predicted molar refractivity (Wildman–Crippen MR) is 147 cm³/mol. The quantitative estimate of drug-likeness (QED) is 0.395. The SMILES string of the molecule is CCOc1ccccc1N1C(=O)[C@@H]2C3C=C4CCCCC4([C@@H]2C1=O)[C@H]1C(=O)N(c2ccccc2OCC)C(=O)[C@H]31. The fourth-order valence-electron chi connectivity index (χ4n) is 8.49. The number of anilines is 2. The molecule has 2 aromatic rings. The number of allylic oxidation sites excluding steroid dienone is 2. The number of hydrogen-bond donors (Lipinski definition) is 0. The highest BCUT2D eigenvalue weighted by molar-refractivity contribution is 6.27. The van der Waals surface area contributed by atoms with Crippen LogP contribution >= 0.6 is 0 Å². The number of imide groups is 2. The molecule has 8 rings (SSSR count). The minimum Gasteiger partial charge on any atom is -0.492 e. The molecule has 4 aliphatic carbocycles. The smallest absolute Gasteiger partial charge is 0.238 e. The number of hydrogen-bond acceptors (Lipinski definition) is 6. The number of carbonyl (C=O) groups excluding carboxylic acids is 4. The van der Waals surface area contributed by atoms with E-state index in [1.165, 1.54) is 9.80 Å². The molecule has 2 aliphatic heterocycles. The lowest BCUT2D eigenvalue weighted by Gasteiger charge is -2.58. The molecule has 2 saturated carbocycles. The maximum atomic E-state index is 14.4. The summed E-state index contributed by atoms with van der Waals surface area (Å²) in [7, 11) is 0. The van der Waals surface area contributed by atoms with E-state index in [4.69, 9.17) is 9.47 Å². The van der Waals surface area contributed by atoms with E-state index in [1.54, 1.807) is 36.4 Å². The summed E-state index contributed by atoms with van der Waals surface area (Å²) >= 11 is 0. The fourth-order valence-corrected chi connectivity index (χ4v) is 8.49. The average Bonchev–Trinajstić information content (AvgIpc) is 3.40. The van der Waals surface area contributed by atoms with Gasteiger partial charge in [0.15, 0.2) is 0 Å². The molecule has 0 aromatic heterocycles. The average molecular weight is 541 g/mol. The van der Waals surface area contributed by atoms with Gasteiger partial charge in [-0.25, -0.2) is 9.80 Å². The molecule has 1 spiro atoms. The van der Waals surface area contributed by atoms with Crippen LogP contribution in [0.25, 0.3) is 0 Å². The van der Waals surface area contributed by atoms with Crippen LogP contribution in [0.15, 0.2) is 60.2 Å². The van der Waals surface area contributed by atoms with Crippen LogP contribution in [0.5, 0.6) is 11.5 Å². The van der Waals surface area contributed by atoms with Gasteiger partial charge >= 0.3 is 0 Å². The molecule has 0 radical (unpaired) electrons. The monoisotopic (exact) mass is 540 g/mol. The molecule has 2 aromatic carbocycles. The van der Waals surface area contributed by atoms with Crippen LogP contribution in [0.2, 0.25) is 0 Å². The first kappa shape index (κ1) is 25.1. The van der Waals surface area contributed by atoms with Gasteiger partial charge in [-0.2, -0.15) is 0 Å². The number of nitrogens with zero attached hydrogens (tertiary/aromatic N) is 2. The topological polar surface area (TPSA) is 93.2 Å². The van der Waals surface area contributed by atoms with Crippen LogP contribution in [-0.2, 0) is 19.2 Å². The first-order valence-electron chi connectivity index (χ1n) is 14.4. The van der Waals surface area contributed by atoms with Gasteiger partial charge in [0.25, 0.3) is 0 Å². The van der Waals surface area contributed by atoms with Gasteiger partial charge in [-0.05, 0) is 57.4 Å². The zero-order valence-electron chi connectivity index (χ0n) is 22.7. The Morgan fingerprint density at radius 2 is 1.23 bits per heavy atom. The van der Waals surface area contributed by atoms with Gasteiger partial charge in [0.05, 0.1) is 48.3 Å². The van der Waals surface area contributed by atoms with Crippen molar-refractivity contribution in [2.75, 3.05) is 23.0 Å². The number of ether oxygens (including phenoxy) is 2. The number of carbonyl (C=O) groups is 4. The Labute approximate surface area is 232 Å². The second kappa shape index (κ2) is 9.04. The first-order valence-corrected chi connectivity index (χ1v) is 14.4. The molecule has 40 heavy (non-hydrogen) atoms. The summed E-state index contributed by atoms with van der Waals surface area (Å²) in [5.74, 6) is -3.51. The van der Waals surface area contributed by atoms with E-state index >= 15 is 0 Å². The van der Waals surface area contributed by atoms with Crippen LogP contribution in [0.1, 0.15) is 39.5 Å². The largest absolute Gasteiger partial charge is 0.492 e. The van der Waals surface area contributed by atoms with E-state index < -0.39 is 35.0 Å². The number of amides is 4. The Balaban J connectivity index is 1.37. The molecule has 8 heteroatoms. The molecular formula is C32H32N2O6. The van der Waals surface area contributed by atoms with Crippen LogP contribution in [-0.4, -0.2) is 36.8 Å². The Morgan fingerprint density at radius 3 is 1.73 bits per heavy atom. The first-order chi connectivity index (χ1) is 19.5.